The van der Waals surface area contributed by atoms with Gasteiger partial charge < -0.3 is 14.7 Å². The number of nitrogens with one attached hydrogen (secondary N) is 1. The molecule has 1 aromatic carbocycles. The van der Waals surface area contributed by atoms with Crippen LogP contribution in [0, 0.1) is 0 Å². The zero-order valence-corrected chi connectivity index (χ0v) is 11.6. The molecule has 1 saturated heterocycles. The largest absolute Gasteiger partial charge is 0.339 e. The number of anilines is 1. The Morgan fingerprint density at radius 2 is 2.05 bits per heavy atom. The second-order valence-corrected chi connectivity index (χ2v) is 5.56. The van der Waals surface area contributed by atoms with Gasteiger partial charge >= 0.3 is 0 Å². The van der Waals surface area contributed by atoms with Gasteiger partial charge in [-0.3, -0.25) is 0 Å². The van der Waals surface area contributed by atoms with Crippen LogP contribution in [0.15, 0.2) is 28.8 Å². The van der Waals surface area contributed by atoms with Gasteiger partial charge in [-0.05, 0) is 31.4 Å². The first-order chi connectivity index (χ1) is 9.93. The Morgan fingerprint density at radius 3 is 3.05 bits per heavy atom. The maximum Gasteiger partial charge on any atom is 0.231 e. The number of benzene rings is 1. The van der Waals surface area contributed by atoms with Crippen LogP contribution in [0.5, 0.6) is 0 Å². The van der Waals surface area contributed by atoms with Crippen LogP contribution >= 0.6 is 0 Å². The van der Waals surface area contributed by atoms with E-state index < -0.39 is 0 Å². The number of rotatable bonds is 1. The molecule has 0 saturated carbocycles. The van der Waals surface area contributed by atoms with Crippen molar-refractivity contribution in [2.45, 2.75) is 19.3 Å². The van der Waals surface area contributed by atoms with Crippen molar-refractivity contribution in [3.05, 3.63) is 35.4 Å². The molecule has 104 valence electrons. The lowest BCUT2D eigenvalue weighted by Crippen LogP contribution is -2.28. The van der Waals surface area contributed by atoms with Crippen LogP contribution in [-0.2, 0) is 12.8 Å². The molecule has 2 aromatic rings. The van der Waals surface area contributed by atoms with Crippen molar-refractivity contribution in [2.75, 3.05) is 31.1 Å². The Morgan fingerprint density at radius 1 is 1.10 bits per heavy atom. The van der Waals surface area contributed by atoms with E-state index in [0.717, 1.165) is 57.0 Å². The lowest BCUT2D eigenvalue weighted by Gasteiger charge is -2.21. The zero-order chi connectivity index (χ0) is 13.4. The van der Waals surface area contributed by atoms with Crippen molar-refractivity contribution in [1.29, 1.82) is 0 Å². The fourth-order valence-electron chi connectivity index (χ4n) is 3.26. The van der Waals surface area contributed by atoms with E-state index in [4.69, 9.17) is 4.52 Å². The molecule has 4 rings (SSSR count). The van der Waals surface area contributed by atoms with Gasteiger partial charge in [0.05, 0.1) is 0 Å². The summed E-state index contributed by atoms with van der Waals surface area (Å²) in [6, 6.07) is 8.54. The number of hydrogen-bond donors (Lipinski definition) is 1. The third-order valence-corrected chi connectivity index (χ3v) is 4.31. The third kappa shape index (κ3) is 1.91. The fraction of sp³-hybridized carbons (Fsp3) is 0.438. The van der Waals surface area contributed by atoms with Gasteiger partial charge in [0.15, 0.2) is 0 Å². The van der Waals surface area contributed by atoms with E-state index in [1.807, 2.05) is 0 Å². The highest BCUT2D eigenvalue weighted by molar-refractivity contribution is 5.73. The number of aromatic nitrogens is 1. The average Bonchev–Trinajstić information content (AvgIpc) is 2.75. The summed E-state index contributed by atoms with van der Waals surface area (Å²) < 4.78 is 5.72. The Kier molecular flexibility index (Phi) is 2.96. The Balaban J connectivity index is 1.73. The van der Waals surface area contributed by atoms with Gasteiger partial charge in [-0.15, -0.1) is 0 Å². The Bertz CT molecular complexity index is 612. The molecule has 1 N–H and O–H groups in total. The van der Waals surface area contributed by atoms with Crippen molar-refractivity contribution >= 4 is 5.88 Å². The molecule has 0 atom stereocenters. The van der Waals surface area contributed by atoms with Crippen LogP contribution in [0.1, 0.15) is 17.5 Å². The molecular formula is C16H19N3O. The minimum absolute atomic E-state index is 0.998. The quantitative estimate of drug-likeness (QED) is 0.862. The fourth-order valence-corrected chi connectivity index (χ4v) is 3.26. The van der Waals surface area contributed by atoms with E-state index in [-0.39, 0.29) is 0 Å². The molecule has 20 heavy (non-hydrogen) atoms. The van der Waals surface area contributed by atoms with Gasteiger partial charge in [0, 0.05) is 30.8 Å². The number of hydrogen-bond acceptors (Lipinski definition) is 4. The number of nitrogens with zero attached hydrogens (tertiary/aromatic N) is 2. The predicted molar refractivity (Wildman–Crippen MR) is 79.0 cm³/mol. The summed E-state index contributed by atoms with van der Waals surface area (Å²) >= 11 is 0. The zero-order valence-electron chi connectivity index (χ0n) is 11.6. The van der Waals surface area contributed by atoms with E-state index in [0.29, 0.717) is 0 Å². The van der Waals surface area contributed by atoms with Gasteiger partial charge in [0.25, 0.3) is 0 Å². The number of fused-ring (bicyclic) bond motifs is 3. The van der Waals surface area contributed by atoms with Gasteiger partial charge in [0.2, 0.25) is 5.88 Å². The summed E-state index contributed by atoms with van der Waals surface area (Å²) in [7, 11) is 0. The van der Waals surface area contributed by atoms with E-state index in [1.54, 1.807) is 0 Å². The van der Waals surface area contributed by atoms with Crippen molar-refractivity contribution in [3.63, 3.8) is 0 Å². The second-order valence-electron chi connectivity index (χ2n) is 5.56. The molecule has 0 amide bonds. The molecule has 0 unspecified atom stereocenters. The smallest absolute Gasteiger partial charge is 0.231 e. The first kappa shape index (κ1) is 12.0. The SMILES string of the molecule is c1ccc2c(c1)CCc1c-2noc1N1CCCNCC1. The minimum Gasteiger partial charge on any atom is -0.339 e. The van der Waals surface area contributed by atoms with Crippen LogP contribution in [0.4, 0.5) is 5.88 Å². The van der Waals surface area contributed by atoms with Gasteiger partial charge in [-0.25, -0.2) is 0 Å². The molecule has 1 fully saturated rings. The summed E-state index contributed by atoms with van der Waals surface area (Å²) in [4.78, 5) is 2.35. The van der Waals surface area contributed by atoms with Gasteiger partial charge in [-0.2, -0.15) is 0 Å². The molecule has 2 heterocycles. The van der Waals surface area contributed by atoms with Gasteiger partial charge in [-0.1, -0.05) is 29.4 Å². The van der Waals surface area contributed by atoms with Crippen molar-refractivity contribution in [3.8, 4) is 11.3 Å². The van der Waals surface area contributed by atoms with E-state index >= 15 is 0 Å². The maximum absolute atomic E-state index is 5.72. The van der Waals surface area contributed by atoms with Crippen molar-refractivity contribution in [1.82, 2.24) is 10.5 Å². The first-order valence-corrected chi connectivity index (χ1v) is 7.46. The van der Waals surface area contributed by atoms with Crippen LogP contribution in [-0.4, -0.2) is 31.3 Å². The highest BCUT2D eigenvalue weighted by Gasteiger charge is 2.26. The monoisotopic (exact) mass is 269 g/mol. The van der Waals surface area contributed by atoms with E-state index in [1.165, 1.54) is 16.7 Å². The predicted octanol–water partition coefficient (Wildman–Crippen LogP) is 2.24. The summed E-state index contributed by atoms with van der Waals surface area (Å²) in [5, 5.41) is 7.80. The number of aryl methyl sites for hydroxylation is 1. The lowest BCUT2D eigenvalue weighted by molar-refractivity contribution is 0.418. The molecule has 1 aliphatic heterocycles. The molecule has 4 nitrogen and oxygen atoms in total. The molecule has 0 spiro atoms. The summed E-state index contributed by atoms with van der Waals surface area (Å²) in [5.74, 6) is 0.998. The Labute approximate surface area is 118 Å². The van der Waals surface area contributed by atoms with Crippen LogP contribution in [0.25, 0.3) is 11.3 Å². The van der Waals surface area contributed by atoms with E-state index in [9.17, 15) is 0 Å². The molecule has 1 aliphatic carbocycles. The highest BCUT2D eigenvalue weighted by atomic mass is 16.5. The van der Waals surface area contributed by atoms with Crippen LogP contribution < -0.4 is 10.2 Å². The van der Waals surface area contributed by atoms with Crippen molar-refractivity contribution < 1.29 is 4.52 Å². The van der Waals surface area contributed by atoms with Crippen molar-refractivity contribution in [2.24, 2.45) is 0 Å². The van der Waals surface area contributed by atoms with Gasteiger partial charge in [0.1, 0.15) is 5.69 Å². The maximum atomic E-state index is 5.72. The lowest BCUT2D eigenvalue weighted by atomic mass is 9.90. The molecule has 0 bridgehead atoms. The summed E-state index contributed by atoms with van der Waals surface area (Å²) in [6.07, 6.45) is 3.28. The van der Waals surface area contributed by atoms with Crippen LogP contribution in [0.2, 0.25) is 0 Å². The van der Waals surface area contributed by atoms with E-state index in [2.05, 4.69) is 39.6 Å². The molecule has 0 radical (unpaired) electrons. The normalized spacial score (nSPS) is 18.3. The standard InChI is InChI=1S/C16H19N3O/c1-2-5-13-12(4-1)6-7-14-15(13)18-20-16(14)19-10-3-8-17-9-11-19/h1-2,4-5,17H,3,6-11H2. The third-order valence-electron chi connectivity index (χ3n) is 4.31. The summed E-state index contributed by atoms with van der Waals surface area (Å²) in [6.45, 7) is 4.17. The minimum atomic E-state index is 0.998. The highest BCUT2D eigenvalue weighted by Crippen LogP contribution is 2.38. The Hall–Kier alpha value is -1.81. The molecule has 2 aliphatic rings. The van der Waals surface area contributed by atoms with Crippen LogP contribution in [0.3, 0.4) is 0 Å². The molecular weight excluding hydrogens is 250 g/mol. The summed E-state index contributed by atoms with van der Waals surface area (Å²) in [5.41, 5.74) is 4.98. The molecule has 1 aromatic heterocycles. The second kappa shape index (κ2) is 4.94. The average molecular weight is 269 g/mol. The first-order valence-electron chi connectivity index (χ1n) is 7.46. The topological polar surface area (TPSA) is 41.3 Å². The molecule has 4 heteroatoms.